The first kappa shape index (κ1) is 21.6. The molecule has 0 saturated carbocycles. The Kier molecular flexibility index (Phi) is 4.92. The van der Waals surface area contributed by atoms with Gasteiger partial charge in [0.2, 0.25) is 0 Å². The van der Waals surface area contributed by atoms with Gasteiger partial charge in [0.1, 0.15) is 0 Å². The Hall–Kier alpha value is -1.94. The topological polar surface area (TPSA) is 0 Å². The van der Waals surface area contributed by atoms with Gasteiger partial charge in [-0.3, -0.25) is 0 Å². The fourth-order valence-corrected chi connectivity index (χ4v) is 11.7. The highest BCUT2D eigenvalue weighted by Gasteiger charge is 2.49. The van der Waals surface area contributed by atoms with Crippen molar-refractivity contribution >= 4 is 39.9 Å². The van der Waals surface area contributed by atoms with Gasteiger partial charge in [-0.1, -0.05) is 105 Å². The van der Waals surface area contributed by atoms with E-state index in [1.54, 1.807) is 0 Å². The van der Waals surface area contributed by atoms with Crippen molar-refractivity contribution in [1.82, 2.24) is 0 Å². The maximum atomic E-state index is 3.78. The molecule has 164 valence electrons. The number of fused-ring (bicyclic) bond motifs is 6. The molecule has 2 aliphatic rings. The number of benzene rings is 4. The predicted octanol–water partition coefficient (Wildman–Crippen LogP) is 9.54. The molecule has 0 amide bonds. The predicted molar refractivity (Wildman–Crippen MR) is 150 cm³/mol. The smallest absolute Gasteiger partial charge is 0.0679 e. The Bertz CT molecular complexity index is 1350. The van der Waals surface area contributed by atoms with Crippen LogP contribution in [0.4, 0.5) is 0 Å². The fourth-order valence-electron chi connectivity index (χ4n) is 6.45. The number of hydrogen-bond acceptors (Lipinski definition) is 0. The maximum Gasteiger partial charge on any atom is 0.0731 e. The molecule has 0 atom stereocenters. The van der Waals surface area contributed by atoms with Gasteiger partial charge in [0.15, 0.2) is 0 Å². The molecular weight excluding hydrogens is 548 g/mol. The maximum absolute atomic E-state index is 3.78. The number of hydrogen-bond donors (Lipinski definition) is 0. The van der Waals surface area contributed by atoms with E-state index in [1.807, 2.05) is 0 Å². The summed E-state index contributed by atoms with van der Waals surface area (Å²) in [7, 11) is -1.96. The van der Waals surface area contributed by atoms with E-state index in [0.717, 1.165) is 0 Å². The molecule has 0 radical (unpaired) electrons. The van der Waals surface area contributed by atoms with Crippen LogP contribution in [0.15, 0.2) is 81.7 Å². The highest BCUT2D eigenvalue weighted by atomic mass is 79.9. The van der Waals surface area contributed by atoms with Crippen molar-refractivity contribution in [3.63, 3.8) is 0 Å². The lowest BCUT2D eigenvalue weighted by Gasteiger charge is -2.38. The Morgan fingerprint density at radius 2 is 0.939 bits per heavy atom. The van der Waals surface area contributed by atoms with E-state index < -0.39 is 8.07 Å². The summed E-state index contributed by atoms with van der Waals surface area (Å²) in [6.45, 7) is 9.65. The van der Waals surface area contributed by atoms with Gasteiger partial charge in [0.25, 0.3) is 0 Å². The molecule has 2 aliphatic carbocycles. The fraction of sp³-hybridized carbons (Fsp3) is 0.200. The minimum atomic E-state index is -1.96. The second-order valence-corrected chi connectivity index (χ2v) is 17.0. The van der Waals surface area contributed by atoms with Gasteiger partial charge in [-0.15, -0.1) is 0 Å². The van der Waals surface area contributed by atoms with Crippen LogP contribution >= 0.6 is 31.9 Å². The van der Waals surface area contributed by atoms with Crippen LogP contribution in [0.1, 0.15) is 44.5 Å². The van der Waals surface area contributed by atoms with Crippen LogP contribution in [0.5, 0.6) is 0 Å². The monoisotopic (exact) mass is 572 g/mol. The SMILES string of the molecule is Cc1ccc2c(c1)-c1cc(C)ccc1C2[Si](C)(C)C1c2cc(Br)ccc2-c2ccc(Br)cc21. The number of rotatable bonds is 2. The van der Waals surface area contributed by atoms with Gasteiger partial charge in [-0.05, 0) is 82.6 Å². The third-order valence-electron chi connectivity index (χ3n) is 7.76. The molecule has 0 N–H and O–H groups in total. The normalized spacial score (nSPS) is 14.7. The summed E-state index contributed by atoms with van der Waals surface area (Å²) in [5.41, 5.74) is 15.3. The van der Waals surface area contributed by atoms with Crippen LogP contribution in [-0.2, 0) is 0 Å². The summed E-state index contributed by atoms with van der Waals surface area (Å²) in [5, 5.41) is 0. The third kappa shape index (κ3) is 3.19. The first-order valence-corrected chi connectivity index (χ1v) is 16.3. The van der Waals surface area contributed by atoms with Gasteiger partial charge in [-0.2, -0.15) is 0 Å². The quantitative estimate of drug-likeness (QED) is 0.209. The summed E-state index contributed by atoms with van der Waals surface area (Å²) >= 11 is 7.55. The van der Waals surface area contributed by atoms with Gasteiger partial charge < -0.3 is 0 Å². The minimum Gasteiger partial charge on any atom is -0.0679 e. The van der Waals surface area contributed by atoms with E-state index in [-0.39, 0.29) is 0 Å². The van der Waals surface area contributed by atoms with E-state index >= 15 is 0 Å². The Labute approximate surface area is 214 Å². The van der Waals surface area contributed by atoms with Gasteiger partial charge in [-0.25, -0.2) is 0 Å². The highest BCUT2D eigenvalue weighted by Crippen LogP contribution is 2.58. The summed E-state index contributed by atoms with van der Waals surface area (Å²) in [6.07, 6.45) is 0. The first-order chi connectivity index (χ1) is 15.8. The second-order valence-electron chi connectivity index (χ2n) is 10.3. The van der Waals surface area contributed by atoms with Crippen molar-refractivity contribution in [3.8, 4) is 22.3 Å². The summed E-state index contributed by atoms with van der Waals surface area (Å²) in [6, 6.07) is 28.0. The highest BCUT2D eigenvalue weighted by molar-refractivity contribution is 9.10. The molecule has 0 fully saturated rings. The molecule has 0 aromatic heterocycles. The number of aryl methyl sites for hydroxylation is 2. The molecular formula is C30H26Br2Si. The molecule has 0 unspecified atom stereocenters. The Morgan fingerprint density at radius 3 is 1.39 bits per heavy atom. The molecule has 4 aromatic rings. The molecule has 0 aliphatic heterocycles. The molecule has 4 aromatic carbocycles. The van der Waals surface area contributed by atoms with Crippen molar-refractivity contribution in [2.24, 2.45) is 0 Å². The van der Waals surface area contributed by atoms with Crippen molar-refractivity contribution in [2.75, 3.05) is 0 Å². The van der Waals surface area contributed by atoms with E-state index in [0.29, 0.717) is 11.1 Å². The van der Waals surface area contributed by atoms with E-state index in [9.17, 15) is 0 Å². The van der Waals surface area contributed by atoms with Crippen LogP contribution in [0.3, 0.4) is 0 Å². The first-order valence-electron chi connectivity index (χ1n) is 11.6. The number of halogens is 2. The second kappa shape index (κ2) is 7.53. The average Bonchev–Trinajstić information content (AvgIpc) is 3.25. The van der Waals surface area contributed by atoms with Crippen LogP contribution in [0.2, 0.25) is 13.1 Å². The zero-order valence-electron chi connectivity index (χ0n) is 19.3. The zero-order chi connectivity index (χ0) is 23.1. The Morgan fingerprint density at radius 1 is 0.515 bits per heavy atom. The zero-order valence-corrected chi connectivity index (χ0v) is 23.5. The lowest BCUT2D eigenvalue weighted by Crippen LogP contribution is -2.42. The van der Waals surface area contributed by atoms with E-state index in [2.05, 4.69) is 132 Å². The van der Waals surface area contributed by atoms with Crippen molar-refractivity contribution in [2.45, 2.75) is 38.0 Å². The van der Waals surface area contributed by atoms with Crippen LogP contribution in [0.25, 0.3) is 22.3 Å². The van der Waals surface area contributed by atoms with Gasteiger partial charge in [0.05, 0.1) is 8.07 Å². The van der Waals surface area contributed by atoms with Gasteiger partial charge >= 0.3 is 0 Å². The molecule has 6 rings (SSSR count). The third-order valence-corrected chi connectivity index (χ3v) is 13.0. The average molecular weight is 574 g/mol. The molecule has 0 spiro atoms. The molecule has 0 heterocycles. The summed E-state index contributed by atoms with van der Waals surface area (Å²) in [5.74, 6) is 0. The lowest BCUT2D eigenvalue weighted by molar-refractivity contribution is 1.01. The van der Waals surface area contributed by atoms with Crippen LogP contribution < -0.4 is 0 Å². The van der Waals surface area contributed by atoms with Crippen LogP contribution in [0, 0.1) is 13.8 Å². The van der Waals surface area contributed by atoms with Crippen molar-refractivity contribution in [1.29, 1.82) is 0 Å². The molecule has 3 heteroatoms. The summed E-state index contributed by atoms with van der Waals surface area (Å²) < 4.78 is 2.34. The van der Waals surface area contributed by atoms with E-state index in [1.165, 1.54) is 64.6 Å². The standard InChI is InChI=1S/C30H26Br2Si/c1-17-5-9-23-25(13-17)26-14-18(2)6-10-24(26)29(23)33(3,4)30-27-15-19(31)7-11-21(27)22-12-8-20(32)16-28(22)30/h5-16,29-30H,1-4H3. The van der Waals surface area contributed by atoms with Crippen molar-refractivity contribution < 1.29 is 0 Å². The largest absolute Gasteiger partial charge is 0.0731 e. The van der Waals surface area contributed by atoms with Gasteiger partial charge in [0, 0.05) is 20.0 Å². The van der Waals surface area contributed by atoms with Crippen molar-refractivity contribution in [3.05, 3.63) is 115 Å². The van der Waals surface area contributed by atoms with E-state index in [4.69, 9.17) is 0 Å². The lowest BCUT2D eigenvalue weighted by atomic mass is 10.0. The molecule has 0 bridgehead atoms. The van der Waals surface area contributed by atoms with Crippen LogP contribution in [-0.4, -0.2) is 8.07 Å². The minimum absolute atomic E-state index is 0.434. The Balaban J connectivity index is 1.62. The summed E-state index contributed by atoms with van der Waals surface area (Å²) in [4.78, 5) is 0. The molecule has 33 heavy (non-hydrogen) atoms. The molecule has 0 nitrogen and oxygen atoms in total. The molecule has 0 saturated heterocycles.